The normalized spacial score (nSPS) is 9.26. The largest absolute Gasteiger partial charge is 0.366 e. The lowest BCUT2D eigenvalue weighted by Gasteiger charge is -2.06. The van der Waals surface area contributed by atoms with Crippen LogP contribution in [0, 0.1) is 6.92 Å². The van der Waals surface area contributed by atoms with Crippen molar-refractivity contribution in [1.29, 1.82) is 0 Å². The van der Waals surface area contributed by atoms with Crippen molar-refractivity contribution in [3.63, 3.8) is 0 Å². The summed E-state index contributed by atoms with van der Waals surface area (Å²) in [6.07, 6.45) is 0. The van der Waals surface area contributed by atoms with Gasteiger partial charge in [0.05, 0.1) is 0 Å². The van der Waals surface area contributed by atoms with Gasteiger partial charge in [0.1, 0.15) is 0 Å². The molecule has 1 aromatic carbocycles. The van der Waals surface area contributed by atoms with Crippen molar-refractivity contribution in [3.8, 4) is 0 Å². The Labute approximate surface area is 126 Å². The fourth-order valence-corrected chi connectivity index (χ4v) is 2.23. The Morgan fingerprint density at radius 3 is 2.53 bits per heavy atom. The maximum atomic E-state index is 4.98. The van der Waals surface area contributed by atoms with E-state index >= 15 is 0 Å². The predicted molar refractivity (Wildman–Crippen MR) is 92.0 cm³/mol. The zero-order valence-electron chi connectivity index (χ0n) is 12.2. The van der Waals surface area contributed by atoms with Gasteiger partial charge in [0.2, 0.25) is 0 Å². The van der Waals surface area contributed by atoms with Crippen molar-refractivity contribution in [2.24, 2.45) is 0 Å². The minimum atomic E-state index is 0.719. The molecule has 5 heteroatoms. The van der Waals surface area contributed by atoms with E-state index in [1.807, 2.05) is 32.9 Å². The third-order valence-electron chi connectivity index (χ3n) is 2.11. The Morgan fingerprint density at radius 1 is 1.26 bits per heavy atom. The molecule has 19 heavy (non-hydrogen) atoms. The van der Waals surface area contributed by atoms with Gasteiger partial charge in [-0.2, -0.15) is 11.8 Å². The summed E-state index contributed by atoms with van der Waals surface area (Å²) < 4.78 is 0. The number of aryl methyl sites for hydroxylation is 1. The molecule has 3 nitrogen and oxygen atoms in total. The molecule has 0 heterocycles. The first-order chi connectivity index (χ1) is 9.13. The highest BCUT2D eigenvalue weighted by Gasteiger charge is 1.95. The summed E-state index contributed by atoms with van der Waals surface area (Å²) in [5.41, 5.74) is 2.72. The van der Waals surface area contributed by atoms with Crippen LogP contribution in [0.1, 0.15) is 11.1 Å². The van der Waals surface area contributed by atoms with E-state index in [1.54, 1.807) is 0 Å². The zero-order chi connectivity index (χ0) is 14.5. The number of rotatable bonds is 5. The monoisotopic (exact) mass is 299 g/mol. The van der Waals surface area contributed by atoms with Gasteiger partial charge in [0.25, 0.3) is 0 Å². The molecule has 1 aromatic rings. The molecule has 0 amide bonds. The molecule has 1 rings (SSSR count). The lowest BCUT2D eigenvalue weighted by molar-refractivity contribution is 0.943. The molecule has 0 radical (unpaired) electrons. The summed E-state index contributed by atoms with van der Waals surface area (Å²) in [6, 6.07) is 8.64. The third kappa shape index (κ3) is 10.8. The van der Waals surface area contributed by atoms with Gasteiger partial charge in [-0.05, 0) is 38.8 Å². The first kappa shape index (κ1) is 18.2. The number of thiocarbonyl (C=S) groups is 1. The van der Waals surface area contributed by atoms with Crippen LogP contribution in [0.2, 0.25) is 0 Å². The molecule has 0 aliphatic rings. The van der Waals surface area contributed by atoms with Crippen molar-refractivity contribution in [3.05, 3.63) is 35.4 Å². The molecule has 0 fully saturated rings. The van der Waals surface area contributed by atoms with E-state index < -0.39 is 0 Å². The average Bonchev–Trinajstić information content (AvgIpc) is 2.39. The topological polar surface area (TPSA) is 36.1 Å². The number of thioether (sulfide) groups is 1. The van der Waals surface area contributed by atoms with Gasteiger partial charge >= 0.3 is 0 Å². The minimum Gasteiger partial charge on any atom is -0.366 e. The van der Waals surface area contributed by atoms with Crippen LogP contribution < -0.4 is 16.0 Å². The predicted octanol–water partition coefficient (Wildman–Crippen LogP) is 2.16. The molecule has 0 unspecified atom stereocenters. The molecule has 0 spiro atoms. The minimum absolute atomic E-state index is 0.719. The number of nitrogens with one attached hydrogen (secondary N) is 3. The standard InChI is InChI=1S/C12H18N2S2.C2H7N/c1-10-4-3-5-11(8-10)9-16-7-6-14-12(15)13-2;1-3-2/h3-5,8H,6-7,9H2,1-2H3,(H2,13,14,15);3H,1-2H3. The third-order valence-corrected chi connectivity index (χ3v) is 3.49. The Morgan fingerprint density at radius 2 is 1.95 bits per heavy atom. The van der Waals surface area contributed by atoms with Gasteiger partial charge in [-0.3, -0.25) is 0 Å². The molecular formula is C14H25N3S2. The second-order valence-electron chi connectivity index (χ2n) is 4.05. The van der Waals surface area contributed by atoms with Gasteiger partial charge in [0, 0.05) is 25.1 Å². The van der Waals surface area contributed by atoms with E-state index in [2.05, 4.69) is 47.1 Å². The fraction of sp³-hybridized carbons (Fsp3) is 0.500. The van der Waals surface area contributed by atoms with Crippen LogP contribution in [0.25, 0.3) is 0 Å². The van der Waals surface area contributed by atoms with E-state index in [-0.39, 0.29) is 0 Å². The van der Waals surface area contributed by atoms with Crippen LogP contribution in [0.5, 0.6) is 0 Å². The maximum Gasteiger partial charge on any atom is 0.166 e. The van der Waals surface area contributed by atoms with E-state index in [0.29, 0.717) is 0 Å². The average molecular weight is 300 g/mol. The number of hydrogen-bond donors (Lipinski definition) is 3. The molecule has 0 atom stereocenters. The first-order valence-corrected chi connectivity index (χ1v) is 7.87. The van der Waals surface area contributed by atoms with Gasteiger partial charge in [0.15, 0.2) is 5.11 Å². The summed E-state index contributed by atoms with van der Waals surface area (Å²) in [5.74, 6) is 2.13. The zero-order valence-corrected chi connectivity index (χ0v) is 13.9. The first-order valence-electron chi connectivity index (χ1n) is 6.31. The van der Waals surface area contributed by atoms with Gasteiger partial charge in [-0.1, -0.05) is 29.8 Å². The molecule has 0 aliphatic carbocycles. The highest BCUT2D eigenvalue weighted by atomic mass is 32.2. The Balaban J connectivity index is 0.000000982. The van der Waals surface area contributed by atoms with Gasteiger partial charge in [-0.25, -0.2) is 0 Å². The highest BCUT2D eigenvalue weighted by Crippen LogP contribution is 2.12. The van der Waals surface area contributed by atoms with Crippen LogP contribution in [-0.2, 0) is 5.75 Å². The van der Waals surface area contributed by atoms with Crippen LogP contribution in [0.4, 0.5) is 0 Å². The summed E-state index contributed by atoms with van der Waals surface area (Å²) in [6.45, 7) is 3.04. The summed E-state index contributed by atoms with van der Waals surface area (Å²) in [4.78, 5) is 0. The van der Waals surface area contributed by atoms with E-state index in [1.165, 1.54) is 11.1 Å². The van der Waals surface area contributed by atoms with Crippen LogP contribution >= 0.6 is 24.0 Å². The quantitative estimate of drug-likeness (QED) is 0.574. The lowest BCUT2D eigenvalue weighted by atomic mass is 10.2. The molecule has 0 bridgehead atoms. The van der Waals surface area contributed by atoms with Crippen molar-refractivity contribution < 1.29 is 0 Å². The Kier molecular flexibility index (Phi) is 11.8. The second kappa shape index (κ2) is 12.3. The fourth-order valence-electron chi connectivity index (χ4n) is 1.32. The summed E-state index contributed by atoms with van der Waals surface area (Å²) >= 11 is 6.90. The van der Waals surface area contributed by atoms with E-state index in [4.69, 9.17) is 12.2 Å². The van der Waals surface area contributed by atoms with Crippen molar-refractivity contribution in [1.82, 2.24) is 16.0 Å². The number of hydrogen-bond acceptors (Lipinski definition) is 3. The Bertz CT molecular complexity index is 356. The highest BCUT2D eigenvalue weighted by molar-refractivity contribution is 7.98. The molecule has 0 saturated carbocycles. The molecule has 0 aliphatic heterocycles. The SMILES string of the molecule is CNC.CNC(=S)NCCSCc1cccc(C)c1. The summed E-state index contributed by atoms with van der Waals surface area (Å²) in [7, 11) is 5.58. The summed E-state index contributed by atoms with van der Waals surface area (Å²) in [5, 5.41) is 9.49. The molecule has 0 saturated heterocycles. The van der Waals surface area contributed by atoms with E-state index in [0.717, 1.165) is 23.2 Å². The smallest absolute Gasteiger partial charge is 0.166 e. The van der Waals surface area contributed by atoms with Crippen molar-refractivity contribution in [2.45, 2.75) is 12.7 Å². The molecule has 0 aromatic heterocycles. The number of benzene rings is 1. The van der Waals surface area contributed by atoms with Crippen molar-refractivity contribution >= 4 is 29.1 Å². The molecule has 3 N–H and O–H groups in total. The van der Waals surface area contributed by atoms with Crippen LogP contribution in [0.15, 0.2) is 24.3 Å². The maximum absolute atomic E-state index is 4.98. The molecule has 108 valence electrons. The van der Waals surface area contributed by atoms with Gasteiger partial charge < -0.3 is 16.0 Å². The van der Waals surface area contributed by atoms with Crippen molar-refractivity contribution in [2.75, 3.05) is 33.4 Å². The van der Waals surface area contributed by atoms with Crippen LogP contribution in [-0.4, -0.2) is 38.6 Å². The van der Waals surface area contributed by atoms with E-state index in [9.17, 15) is 0 Å². The molecular weight excluding hydrogens is 274 g/mol. The van der Waals surface area contributed by atoms with Gasteiger partial charge in [-0.15, -0.1) is 0 Å². The Hall–Kier alpha value is -0.780. The lowest BCUT2D eigenvalue weighted by Crippen LogP contribution is -2.33. The van der Waals surface area contributed by atoms with Crippen LogP contribution in [0.3, 0.4) is 0 Å². The second-order valence-corrected chi connectivity index (χ2v) is 5.56.